The second kappa shape index (κ2) is 8.98. The number of rotatable bonds is 6. The number of phenols is 1. The second-order valence-corrected chi connectivity index (χ2v) is 11.5. The maximum absolute atomic E-state index is 13.6. The number of hydrogen-bond donors (Lipinski definition) is 2. The number of hydrogen-bond acceptors (Lipinski definition) is 7. The first-order chi connectivity index (χ1) is 17.9. The molecule has 0 spiro atoms. The lowest BCUT2D eigenvalue weighted by molar-refractivity contribution is -0.142. The Balaban J connectivity index is 1.63. The van der Waals surface area contributed by atoms with Crippen molar-refractivity contribution in [1.29, 1.82) is 0 Å². The monoisotopic (exact) mass is 564 g/mol. The molecule has 3 fully saturated rings. The summed E-state index contributed by atoms with van der Waals surface area (Å²) < 4.78 is 5.26. The number of aromatic hydroxyl groups is 1. The highest BCUT2D eigenvalue weighted by atomic mass is 35.5. The van der Waals surface area contributed by atoms with E-state index in [-0.39, 0.29) is 49.6 Å². The quantitative estimate of drug-likeness (QED) is 0.304. The van der Waals surface area contributed by atoms with Crippen molar-refractivity contribution in [1.82, 2.24) is 9.80 Å². The number of allylic oxidation sites excluding steroid dienone is 2. The largest absolute Gasteiger partial charge is 0.504 e. The zero-order valence-electron chi connectivity index (χ0n) is 20.6. The van der Waals surface area contributed by atoms with E-state index in [4.69, 9.17) is 33.0 Å². The number of ether oxygens (including phenoxy) is 1. The van der Waals surface area contributed by atoms with Crippen molar-refractivity contribution in [2.45, 2.75) is 41.3 Å². The van der Waals surface area contributed by atoms with Gasteiger partial charge in [-0.05, 0) is 42.9 Å². The first kappa shape index (κ1) is 26.5. The highest BCUT2D eigenvalue weighted by Crippen LogP contribution is 2.65. The molecule has 202 valence electrons. The fourth-order valence-corrected chi connectivity index (χ4v) is 7.69. The van der Waals surface area contributed by atoms with Gasteiger partial charge in [-0.1, -0.05) is 17.7 Å². The number of benzene rings is 1. The van der Waals surface area contributed by atoms with Crippen LogP contribution in [0.3, 0.4) is 0 Å². The fourth-order valence-electron chi connectivity index (χ4n) is 6.67. The smallest absolute Gasteiger partial charge is 0.303 e. The molecule has 1 aromatic carbocycles. The maximum Gasteiger partial charge on any atom is 0.303 e. The highest BCUT2D eigenvalue weighted by Gasteiger charge is 2.75. The third-order valence-corrected chi connectivity index (χ3v) is 9.83. The van der Waals surface area contributed by atoms with E-state index < -0.39 is 57.1 Å². The number of halogens is 2. The average molecular weight is 565 g/mol. The van der Waals surface area contributed by atoms with Gasteiger partial charge in [-0.25, -0.2) is 0 Å². The molecule has 10 nitrogen and oxygen atoms in total. The minimum absolute atomic E-state index is 0.0246. The Bertz CT molecular complexity index is 1310. The number of methoxy groups -OCH3 is 1. The molecule has 4 amide bonds. The van der Waals surface area contributed by atoms with Crippen molar-refractivity contribution in [2.75, 3.05) is 20.7 Å². The lowest BCUT2D eigenvalue weighted by Gasteiger charge is -2.50. The number of carbonyl (C=O) groups excluding carboxylic acids is 4. The first-order valence-electron chi connectivity index (χ1n) is 12.2. The molecule has 12 heteroatoms. The van der Waals surface area contributed by atoms with Crippen LogP contribution in [-0.4, -0.2) is 80.1 Å². The Morgan fingerprint density at radius 1 is 1.13 bits per heavy atom. The van der Waals surface area contributed by atoms with Gasteiger partial charge in [-0.3, -0.25) is 33.8 Å². The standard InChI is InChI=1S/C26H26Cl2N2O8/c1-29-23(36)25(27)11-15-13(6-7-14-19(15)22(35)30(21(14)34)9-3-4-18(32)33)20(26(25,28)24(29)37)12-5-8-16(31)17(10-12)38-2/h5-6,8,10,14-15,19-20,31H,3-4,7,9,11H2,1-2H3,(H,32,33). The molecule has 2 N–H and O–H groups in total. The molecule has 4 aliphatic rings. The van der Waals surface area contributed by atoms with E-state index in [1.165, 1.54) is 26.3 Å². The van der Waals surface area contributed by atoms with Crippen LogP contribution in [0.15, 0.2) is 29.8 Å². The minimum atomic E-state index is -1.93. The summed E-state index contributed by atoms with van der Waals surface area (Å²) in [6.45, 7) is -0.0246. The Kier molecular flexibility index (Phi) is 6.26. The van der Waals surface area contributed by atoms with Gasteiger partial charge in [0.2, 0.25) is 11.8 Å². The molecule has 38 heavy (non-hydrogen) atoms. The van der Waals surface area contributed by atoms with Crippen LogP contribution in [0.2, 0.25) is 0 Å². The minimum Gasteiger partial charge on any atom is -0.504 e. The van der Waals surface area contributed by atoms with Gasteiger partial charge in [-0.2, -0.15) is 0 Å². The fraction of sp³-hybridized carbons (Fsp3) is 0.500. The molecular weight excluding hydrogens is 539 g/mol. The van der Waals surface area contributed by atoms with Crippen molar-refractivity contribution in [3.05, 3.63) is 35.4 Å². The van der Waals surface area contributed by atoms with Crippen LogP contribution < -0.4 is 4.74 Å². The molecule has 0 aromatic heterocycles. The van der Waals surface area contributed by atoms with E-state index in [1.807, 2.05) is 0 Å². The van der Waals surface area contributed by atoms with E-state index in [9.17, 15) is 29.1 Å². The van der Waals surface area contributed by atoms with E-state index in [0.29, 0.717) is 11.1 Å². The SMILES string of the molecule is COc1cc(C2C3=CCC4C(=O)N(CCCC(=O)O)C(=O)C4C3CC3(Cl)C(=O)N(C)C(=O)C23Cl)ccc1O. The predicted octanol–water partition coefficient (Wildman–Crippen LogP) is 2.25. The van der Waals surface area contributed by atoms with Crippen LogP contribution in [0.4, 0.5) is 0 Å². The van der Waals surface area contributed by atoms with Crippen LogP contribution in [0.5, 0.6) is 11.5 Å². The molecule has 5 rings (SSSR count). The van der Waals surface area contributed by atoms with Crippen LogP contribution in [0, 0.1) is 17.8 Å². The number of nitrogens with zero attached hydrogens (tertiary/aromatic N) is 2. The number of carbonyl (C=O) groups is 5. The van der Waals surface area contributed by atoms with Crippen LogP contribution in [0.1, 0.15) is 37.2 Å². The van der Waals surface area contributed by atoms with Crippen molar-refractivity contribution >= 4 is 52.8 Å². The van der Waals surface area contributed by atoms with E-state index in [0.717, 1.165) is 9.80 Å². The average Bonchev–Trinajstić information content (AvgIpc) is 3.19. The highest BCUT2D eigenvalue weighted by molar-refractivity contribution is 6.53. The van der Waals surface area contributed by atoms with Crippen LogP contribution in [-0.2, 0) is 24.0 Å². The van der Waals surface area contributed by atoms with E-state index in [1.54, 1.807) is 12.1 Å². The second-order valence-electron chi connectivity index (χ2n) is 10.3. The van der Waals surface area contributed by atoms with Crippen molar-refractivity contribution in [3.63, 3.8) is 0 Å². The van der Waals surface area contributed by atoms with Crippen molar-refractivity contribution < 1.29 is 38.9 Å². The van der Waals surface area contributed by atoms with Crippen LogP contribution in [0.25, 0.3) is 0 Å². The van der Waals surface area contributed by atoms with Crippen molar-refractivity contribution in [2.24, 2.45) is 17.8 Å². The number of alkyl halides is 2. The number of amides is 4. The van der Waals surface area contributed by atoms with Gasteiger partial charge < -0.3 is 14.9 Å². The third-order valence-electron chi connectivity index (χ3n) is 8.42. The molecule has 0 radical (unpaired) electrons. The van der Waals surface area contributed by atoms with E-state index in [2.05, 4.69) is 0 Å². The Morgan fingerprint density at radius 2 is 1.84 bits per heavy atom. The van der Waals surface area contributed by atoms with E-state index >= 15 is 0 Å². The summed E-state index contributed by atoms with van der Waals surface area (Å²) in [5.74, 6) is -6.40. The van der Waals surface area contributed by atoms with Gasteiger partial charge in [-0.15, -0.1) is 23.2 Å². The number of aliphatic carboxylic acids is 1. The van der Waals surface area contributed by atoms with Crippen molar-refractivity contribution in [3.8, 4) is 11.5 Å². The van der Waals surface area contributed by atoms with Crippen LogP contribution >= 0.6 is 23.2 Å². The third kappa shape index (κ3) is 3.42. The maximum atomic E-state index is 13.6. The summed E-state index contributed by atoms with van der Waals surface area (Å²) in [6.07, 6.45) is 1.82. The molecule has 2 aliphatic carbocycles. The summed E-state index contributed by atoms with van der Waals surface area (Å²) in [7, 11) is 2.68. The lowest BCUT2D eigenvalue weighted by Crippen LogP contribution is -2.60. The summed E-state index contributed by atoms with van der Waals surface area (Å²) >= 11 is 14.2. The molecule has 1 saturated carbocycles. The van der Waals surface area contributed by atoms with Gasteiger partial charge in [0.05, 0.1) is 18.9 Å². The molecule has 6 unspecified atom stereocenters. The molecule has 2 aliphatic heterocycles. The first-order valence-corrected chi connectivity index (χ1v) is 13.0. The number of carboxylic acid groups (broad SMARTS) is 1. The Hall–Kier alpha value is -3.11. The molecule has 0 bridgehead atoms. The normalized spacial score (nSPS) is 34.2. The molecule has 2 heterocycles. The van der Waals surface area contributed by atoms with Gasteiger partial charge in [0.15, 0.2) is 21.2 Å². The Morgan fingerprint density at radius 3 is 2.50 bits per heavy atom. The molecule has 1 aromatic rings. The zero-order valence-corrected chi connectivity index (χ0v) is 22.2. The molecule has 2 saturated heterocycles. The molecular formula is C26H26Cl2N2O8. The van der Waals surface area contributed by atoms with Gasteiger partial charge >= 0.3 is 5.97 Å². The zero-order chi connectivity index (χ0) is 27.7. The van der Waals surface area contributed by atoms with Gasteiger partial charge in [0.25, 0.3) is 11.8 Å². The number of likely N-dealkylation sites (tertiary alicyclic amines) is 2. The topological polar surface area (TPSA) is 142 Å². The van der Waals surface area contributed by atoms with Gasteiger partial charge in [0, 0.05) is 25.9 Å². The number of fused-ring (bicyclic) bond motifs is 4. The summed E-state index contributed by atoms with van der Waals surface area (Å²) in [5.41, 5.74) is 1.08. The lowest BCUT2D eigenvalue weighted by atomic mass is 9.56. The number of phenolic OH excluding ortho intramolecular Hbond substituents is 1. The number of imide groups is 2. The van der Waals surface area contributed by atoms with Gasteiger partial charge in [0.1, 0.15) is 0 Å². The summed E-state index contributed by atoms with van der Waals surface area (Å²) in [6, 6.07) is 4.47. The predicted molar refractivity (Wildman–Crippen MR) is 134 cm³/mol. The summed E-state index contributed by atoms with van der Waals surface area (Å²) in [4.78, 5) is 62.9. The summed E-state index contributed by atoms with van der Waals surface area (Å²) in [5, 5.41) is 19.1. The molecule has 6 atom stereocenters. The Labute approximate surface area is 228 Å². The number of carboxylic acids is 1.